The zero-order valence-corrected chi connectivity index (χ0v) is 22.0. The molecule has 0 radical (unpaired) electrons. The van der Waals surface area contributed by atoms with Crippen molar-refractivity contribution in [3.05, 3.63) is 65.7 Å². The van der Waals surface area contributed by atoms with E-state index in [2.05, 4.69) is 10.3 Å². The van der Waals surface area contributed by atoms with Gasteiger partial charge in [0.2, 0.25) is 5.91 Å². The van der Waals surface area contributed by atoms with Gasteiger partial charge in [0.25, 0.3) is 0 Å². The summed E-state index contributed by atoms with van der Waals surface area (Å²) in [6.07, 6.45) is 0.223. The van der Waals surface area contributed by atoms with Crippen LogP contribution in [0.1, 0.15) is 31.9 Å². The predicted molar refractivity (Wildman–Crippen MR) is 139 cm³/mol. The van der Waals surface area contributed by atoms with E-state index in [4.69, 9.17) is 4.74 Å². The van der Waals surface area contributed by atoms with Gasteiger partial charge in [-0.3, -0.25) is 20.0 Å². The molecule has 0 aromatic heterocycles. The highest BCUT2D eigenvalue weighted by Gasteiger charge is 2.29. The fourth-order valence-electron chi connectivity index (χ4n) is 3.57. The summed E-state index contributed by atoms with van der Waals surface area (Å²) in [5.41, 5.74) is 1.28. The van der Waals surface area contributed by atoms with Crippen molar-refractivity contribution in [3.63, 3.8) is 0 Å². The second-order valence-corrected chi connectivity index (χ2v) is 11.6. The Morgan fingerprint density at radius 3 is 2.39 bits per heavy atom. The van der Waals surface area contributed by atoms with Crippen LogP contribution in [0.3, 0.4) is 0 Å². The fraction of sp³-hybridized carbons (Fsp3) is 0.423. The number of sulfone groups is 1. The lowest BCUT2D eigenvalue weighted by atomic mass is 10.1. The number of rotatable bonds is 9. The Labute approximate surface area is 213 Å². The normalized spacial score (nSPS) is 13.9. The molecule has 1 aliphatic rings. The average molecular weight is 515 g/mol. The lowest BCUT2D eigenvalue weighted by Gasteiger charge is -2.25. The molecule has 1 heterocycles. The Balaban J connectivity index is 1.47. The van der Waals surface area contributed by atoms with Crippen LogP contribution in [0.25, 0.3) is 0 Å². The Morgan fingerprint density at radius 1 is 1.08 bits per heavy atom. The molecule has 194 valence electrons. The molecule has 0 saturated heterocycles. The van der Waals surface area contributed by atoms with Gasteiger partial charge in [0.05, 0.1) is 24.5 Å². The van der Waals surface area contributed by atoms with E-state index in [1.54, 1.807) is 35.0 Å². The molecule has 2 amide bonds. The number of ether oxygens (including phenoxy) is 1. The summed E-state index contributed by atoms with van der Waals surface area (Å²) in [4.78, 5) is 32.7. The summed E-state index contributed by atoms with van der Waals surface area (Å²) in [5.74, 6) is 0.102. The number of hydrogen-bond acceptors (Lipinski definition) is 7. The third-order valence-corrected chi connectivity index (χ3v) is 7.07. The number of amides is 2. The van der Waals surface area contributed by atoms with Crippen molar-refractivity contribution >= 4 is 27.7 Å². The van der Waals surface area contributed by atoms with E-state index in [9.17, 15) is 18.0 Å². The Kier molecular flexibility index (Phi) is 8.86. The van der Waals surface area contributed by atoms with Gasteiger partial charge in [-0.2, -0.15) is 0 Å². The van der Waals surface area contributed by atoms with E-state index in [0.717, 1.165) is 11.1 Å². The van der Waals surface area contributed by atoms with Crippen LogP contribution >= 0.6 is 0 Å². The molecule has 0 saturated carbocycles. The van der Waals surface area contributed by atoms with E-state index >= 15 is 0 Å². The lowest BCUT2D eigenvalue weighted by Crippen LogP contribution is -2.39. The number of aliphatic imine (C=N–C) groups is 1. The van der Waals surface area contributed by atoms with Gasteiger partial charge < -0.3 is 9.64 Å². The minimum absolute atomic E-state index is 0.0676. The van der Waals surface area contributed by atoms with Crippen molar-refractivity contribution in [1.29, 1.82) is 0 Å². The lowest BCUT2D eigenvalue weighted by molar-refractivity contribution is -0.128. The maximum absolute atomic E-state index is 12.5. The summed E-state index contributed by atoms with van der Waals surface area (Å²) in [6.45, 7) is 6.92. The standard InChI is InChI=1S/C26H34N4O5S/c1-26(2,3)35-25(32)30-17-15-28-24(30)21-12-10-20(11-13-21)14-16-29(4)23(31)18-27-19-36(33,34)22-8-6-5-7-9-22/h5-13,27H,14-19H2,1-4H3. The minimum Gasteiger partial charge on any atom is -0.443 e. The first-order valence-corrected chi connectivity index (χ1v) is 13.5. The highest BCUT2D eigenvalue weighted by molar-refractivity contribution is 7.91. The van der Waals surface area contributed by atoms with Crippen molar-refractivity contribution in [2.75, 3.05) is 39.1 Å². The van der Waals surface area contributed by atoms with Crippen molar-refractivity contribution < 1.29 is 22.7 Å². The van der Waals surface area contributed by atoms with Gasteiger partial charge in [-0.05, 0) is 44.9 Å². The molecule has 0 aliphatic carbocycles. The first-order chi connectivity index (χ1) is 17.0. The predicted octanol–water partition coefficient (Wildman–Crippen LogP) is 2.71. The van der Waals surface area contributed by atoms with E-state index < -0.39 is 21.5 Å². The van der Waals surface area contributed by atoms with E-state index in [1.807, 2.05) is 45.0 Å². The first-order valence-electron chi connectivity index (χ1n) is 11.8. The molecule has 2 aromatic carbocycles. The number of nitrogens with one attached hydrogen (secondary N) is 1. The topological polar surface area (TPSA) is 108 Å². The molecule has 0 spiro atoms. The third kappa shape index (κ3) is 7.63. The van der Waals surface area contributed by atoms with Gasteiger partial charge in [-0.15, -0.1) is 0 Å². The molecule has 0 atom stereocenters. The Hall–Kier alpha value is -3.24. The second-order valence-electron chi connectivity index (χ2n) is 9.60. The maximum Gasteiger partial charge on any atom is 0.416 e. The molecular formula is C26H34N4O5S. The highest BCUT2D eigenvalue weighted by atomic mass is 32.2. The maximum atomic E-state index is 12.5. The third-order valence-electron chi connectivity index (χ3n) is 5.50. The van der Waals surface area contributed by atoms with E-state index in [-0.39, 0.29) is 23.2 Å². The zero-order valence-electron chi connectivity index (χ0n) is 21.2. The SMILES string of the molecule is CN(CCc1ccc(C2=NCCN2C(=O)OC(C)(C)C)cc1)C(=O)CNCS(=O)(=O)c1ccccc1. The van der Waals surface area contributed by atoms with Crippen LogP contribution in [0, 0.1) is 0 Å². The summed E-state index contributed by atoms with van der Waals surface area (Å²) in [5, 5.41) is 2.73. The van der Waals surface area contributed by atoms with Gasteiger partial charge in [0, 0.05) is 19.2 Å². The average Bonchev–Trinajstić information content (AvgIpc) is 3.32. The van der Waals surface area contributed by atoms with Gasteiger partial charge in [-0.25, -0.2) is 13.2 Å². The number of likely N-dealkylation sites (N-methyl/N-ethyl adjacent to an activating group) is 1. The van der Waals surface area contributed by atoms with Crippen LogP contribution in [0.5, 0.6) is 0 Å². The fourth-order valence-corrected chi connectivity index (χ4v) is 4.68. The molecule has 1 N–H and O–H groups in total. The Morgan fingerprint density at radius 2 is 1.75 bits per heavy atom. The quantitative estimate of drug-likeness (QED) is 0.551. The van der Waals surface area contributed by atoms with Gasteiger partial charge in [0.15, 0.2) is 9.84 Å². The van der Waals surface area contributed by atoms with Crippen LogP contribution in [0.4, 0.5) is 4.79 Å². The molecule has 36 heavy (non-hydrogen) atoms. The van der Waals surface area contributed by atoms with Gasteiger partial charge in [-0.1, -0.05) is 42.5 Å². The summed E-state index contributed by atoms with van der Waals surface area (Å²) in [7, 11) is -1.80. The van der Waals surface area contributed by atoms with Crippen LogP contribution in [-0.2, 0) is 25.8 Å². The summed E-state index contributed by atoms with van der Waals surface area (Å²) >= 11 is 0. The van der Waals surface area contributed by atoms with Crippen LogP contribution in [0.2, 0.25) is 0 Å². The molecule has 9 nitrogen and oxygen atoms in total. The highest BCUT2D eigenvalue weighted by Crippen LogP contribution is 2.17. The molecule has 0 fully saturated rings. The van der Waals surface area contributed by atoms with Gasteiger partial charge in [0.1, 0.15) is 17.3 Å². The van der Waals surface area contributed by atoms with Crippen LogP contribution in [-0.4, -0.2) is 80.8 Å². The molecule has 0 unspecified atom stereocenters. The summed E-state index contributed by atoms with van der Waals surface area (Å²) < 4.78 is 30.1. The molecule has 3 rings (SSSR count). The summed E-state index contributed by atoms with van der Waals surface area (Å²) in [6, 6.07) is 15.9. The van der Waals surface area contributed by atoms with E-state index in [1.165, 1.54) is 12.1 Å². The zero-order chi connectivity index (χ0) is 26.3. The van der Waals surface area contributed by atoms with Crippen molar-refractivity contribution in [2.24, 2.45) is 4.99 Å². The van der Waals surface area contributed by atoms with Gasteiger partial charge >= 0.3 is 6.09 Å². The number of carbonyl (C=O) groups is 2. The molecular weight excluding hydrogens is 480 g/mol. The number of benzene rings is 2. The number of nitrogens with zero attached hydrogens (tertiary/aromatic N) is 3. The largest absolute Gasteiger partial charge is 0.443 e. The Bertz CT molecular complexity index is 1190. The smallest absolute Gasteiger partial charge is 0.416 e. The first kappa shape index (κ1) is 27.3. The molecule has 1 aliphatic heterocycles. The van der Waals surface area contributed by atoms with Crippen LogP contribution < -0.4 is 5.32 Å². The number of hydrogen-bond donors (Lipinski definition) is 1. The van der Waals surface area contributed by atoms with E-state index in [0.29, 0.717) is 31.9 Å². The van der Waals surface area contributed by atoms with Crippen molar-refractivity contribution in [1.82, 2.24) is 15.1 Å². The number of carbonyl (C=O) groups excluding carboxylic acids is 2. The van der Waals surface area contributed by atoms with Crippen molar-refractivity contribution in [3.8, 4) is 0 Å². The monoisotopic (exact) mass is 514 g/mol. The second kappa shape index (κ2) is 11.7. The molecule has 10 heteroatoms. The molecule has 2 aromatic rings. The number of amidine groups is 1. The van der Waals surface area contributed by atoms with Crippen molar-refractivity contribution in [2.45, 2.75) is 37.7 Å². The molecule has 0 bridgehead atoms. The van der Waals surface area contributed by atoms with Crippen LogP contribution in [0.15, 0.2) is 64.5 Å². The minimum atomic E-state index is -3.49.